The van der Waals surface area contributed by atoms with Gasteiger partial charge in [0.1, 0.15) is 10.6 Å². The molecule has 1 saturated heterocycles. The number of aromatic nitrogens is 2. The predicted molar refractivity (Wildman–Crippen MR) is 93.9 cm³/mol. The monoisotopic (exact) mass is 336 g/mol. The highest BCUT2D eigenvalue weighted by Crippen LogP contribution is 2.22. The van der Waals surface area contributed by atoms with E-state index >= 15 is 0 Å². The average Bonchev–Trinajstić information content (AvgIpc) is 2.52. The van der Waals surface area contributed by atoms with Crippen LogP contribution in [0.15, 0.2) is 17.8 Å². The summed E-state index contributed by atoms with van der Waals surface area (Å²) in [5, 5.41) is 0.916. The number of hydrogen-bond donors (Lipinski definition) is 0. The summed E-state index contributed by atoms with van der Waals surface area (Å²) in [6.45, 7) is 12.0. The fourth-order valence-corrected chi connectivity index (χ4v) is 2.78. The molecule has 1 aromatic rings. The lowest BCUT2D eigenvalue weighted by molar-refractivity contribution is 0.0240. The van der Waals surface area contributed by atoms with Crippen LogP contribution in [-0.4, -0.2) is 59.0 Å². The number of nitrogens with zero attached hydrogens (tertiary/aromatic N) is 4. The van der Waals surface area contributed by atoms with Gasteiger partial charge < -0.3 is 14.5 Å². The van der Waals surface area contributed by atoms with E-state index in [1.54, 1.807) is 28.9 Å². The highest BCUT2D eigenvalue weighted by atomic mass is 32.2. The molecule has 6 nitrogen and oxygen atoms in total. The molecule has 1 fully saturated rings. The van der Waals surface area contributed by atoms with Gasteiger partial charge in [0.05, 0.1) is 0 Å². The second-order valence-electron chi connectivity index (χ2n) is 6.29. The van der Waals surface area contributed by atoms with E-state index in [1.807, 2.05) is 27.0 Å². The van der Waals surface area contributed by atoms with Crippen molar-refractivity contribution >= 4 is 29.9 Å². The molecule has 0 aromatic carbocycles. The minimum Gasteiger partial charge on any atom is -0.444 e. The van der Waals surface area contributed by atoms with Crippen molar-refractivity contribution < 1.29 is 9.53 Å². The minimum absolute atomic E-state index is 0.259. The first kappa shape index (κ1) is 17.6. The third kappa shape index (κ3) is 4.60. The zero-order chi connectivity index (χ0) is 17.0. The summed E-state index contributed by atoms with van der Waals surface area (Å²) >= 11 is 1.58. The van der Waals surface area contributed by atoms with Crippen LogP contribution < -0.4 is 4.90 Å². The number of piperazine rings is 1. The zero-order valence-corrected chi connectivity index (χ0v) is 15.0. The van der Waals surface area contributed by atoms with Gasteiger partial charge >= 0.3 is 6.09 Å². The number of thioether (sulfide) groups is 1. The molecule has 1 amide bonds. The first-order chi connectivity index (χ1) is 10.8. The molecule has 2 rings (SSSR count). The van der Waals surface area contributed by atoms with Crippen molar-refractivity contribution in [1.29, 1.82) is 0 Å². The lowest BCUT2D eigenvalue weighted by atomic mass is 10.2. The van der Waals surface area contributed by atoms with Crippen molar-refractivity contribution in [2.75, 3.05) is 37.3 Å². The van der Waals surface area contributed by atoms with Gasteiger partial charge in [0, 0.05) is 37.9 Å². The van der Waals surface area contributed by atoms with Crippen LogP contribution in [0.1, 0.15) is 26.3 Å². The molecule has 0 aliphatic carbocycles. The molecule has 1 aliphatic heterocycles. The molecule has 0 bridgehead atoms. The van der Waals surface area contributed by atoms with E-state index in [4.69, 9.17) is 4.74 Å². The number of amides is 1. The maximum absolute atomic E-state index is 12.1. The third-order valence-corrected chi connectivity index (χ3v) is 4.11. The molecule has 0 saturated carbocycles. The van der Waals surface area contributed by atoms with Gasteiger partial charge in [-0.1, -0.05) is 12.7 Å². The number of ether oxygens (including phenoxy) is 1. The average molecular weight is 336 g/mol. The maximum atomic E-state index is 12.1. The highest BCUT2D eigenvalue weighted by Gasteiger charge is 2.26. The molecule has 1 aromatic heterocycles. The Morgan fingerprint density at radius 1 is 1.35 bits per heavy atom. The lowest BCUT2D eigenvalue weighted by Crippen LogP contribution is -2.50. The maximum Gasteiger partial charge on any atom is 0.410 e. The molecule has 0 spiro atoms. The summed E-state index contributed by atoms with van der Waals surface area (Å²) < 4.78 is 5.41. The SMILES string of the molecule is C=Cc1cnc(N2CCN(C(=O)OC(C)(C)C)CC2)nc1SC. The zero-order valence-electron chi connectivity index (χ0n) is 14.2. The van der Waals surface area contributed by atoms with E-state index in [1.165, 1.54) is 0 Å². The largest absolute Gasteiger partial charge is 0.444 e. The molecule has 0 N–H and O–H groups in total. The molecule has 23 heavy (non-hydrogen) atoms. The Hall–Kier alpha value is -1.76. The Balaban J connectivity index is 1.99. The second-order valence-corrected chi connectivity index (χ2v) is 7.09. The molecule has 0 radical (unpaired) electrons. The van der Waals surface area contributed by atoms with Crippen molar-refractivity contribution in [3.63, 3.8) is 0 Å². The van der Waals surface area contributed by atoms with Crippen molar-refractivity contribution in [2.45, 2.75) is 31.4 Å². The van der Waals surface area contributed by atoms with Gasteiger partial charge in [0.15, 0.2) is 0 Å². The van der Waals surface area contributed by atoms with Crippen LogP contribution >= 0.6 is 11.8 Å². The van der Waals surface area contributed by atoms with E-state index in [0.29, 0.717) is 32.1 Å². The van der Waals surface area contributed by atoms with Crippen LogP contribution in [0, 0.1) is 0 Å². The first-order valence-electron chi connectivity index (χ1n) is 7.60. The van der Waals surface area contributed by atoms with Crippen molar-refractivity contribution in [1.82, 2.24) is 14.9 Å². The molecular weight excluding hydrogens is 312 g/mol. The topological polar surface area (TPSA) is 58.6 Å². The van der Waals surface area contributed by atoms with Crippen LogP contribution in [0.5, 0.6) is 0 Å². The Morgan fingerprint density at radius 2 is 2.00 bits per heavy atom. The van der Waals surface area contributed by atoms with Crippen molar-refractivity contribution in [3.05, 3.63) is 18.3 Å². The van der Waals surface area contributed by atoms with Crippen LogP contribution in [0.2, 0.25) is 0 Å². The quantitative estimate of drug-likeness (QED) is 0.625. The highest BCUT2D eigenvalue weighted by molar-refractivity contribution is 7.98. The first-order valence-corrected chi connectivity index (χ1v) is 8.83. The van der Waals surface area contributed by atoms with Crippen LogP contribution in [0.3, 0.4) is 0 Å². The van der Waals surface area contributed by atoms with Gasteiger partial charge in [0.25, 0.3) is 0 Å². The van der Waals surface area contributed by atoms with Gasteiger partial charge in [0.2, 0.25) is 5.95 Å². The van der Waals surface area contributed by atoms with E-state index in [2.05, 4.69) is 21.4 Å². The van der Waals surface area contributed by atoms with E-state index in [9.17, 15) is 4.79 Å². The fraction of sp³-hybridized carbons (Fsp3) is 0.562. The summed E-state index contributed by atoms with van der Waals surface area (Å²) in [6, 6.07) is 0. The third-order valence-electron chi connectivity index (χ3n) is 3.40. The predicted octanol–water partition coefficient (Wildman–Crippen LogP) is 2.90. The number of anilines is 1. The van der Waals surface area contributed by atoms with Gasteiger partial charge in [-0.05, 0) is 27.0 Å². The Kier molecular flexibility index (Phi) is 5.51. The van der Waals surface area contributed by atoms with E-state index < -0.39 is 5.60 Å². The molecule has 1 aliphatic rings. The molecule has 0 atom stereocenters. The Bertz CT molecular complexity index is 578. The normalized spacial score (nSPS) is 15.5. The number of rotatable bonds is 3. The van der Waals surface area contributed by atoms with Crippen molar-refractivity contribution in [2.24, 2.45) is 0 Å². The molecule has 0 unspecified atom stereocenters. The molecule has 126 valence electrons. The van der Waals surface area contributed by atoms with Gasteiger partial charge in [-0.15, -0.1) is 11.8 Å². The Labute approximate surface area is 141 Å². The summed E-state index contributed by atoms with van der Waals surface area (Å²) in [6.07, 6.45) is 5.28. The van der Waals surface area contributed by atoms with Crippen molar-refractivity contribution in [3.8, 4) is 0 Å². The van der Waals surface area contributed by atoms with Gasteiger partial charge in [-0.3, -0.25) is 0 Å². The summed E-state index contributed by atoms with van der Waals surface area (Å²) in [5.41, 5.74) is 0.471. The number of carbonyl (C=O) groups is 1. The smallest absolute Gasteiger partial charge is 0.410 e. The van der Waals surface area contributed by atoms with Gasteiger partial charge in [-0.25, -0.2) is 14.8 Å². The standard InChI is InChI=1S/C16H24N4O2S/c1-6-12-11-17-14(18-13(12)23-5)19-7-9-20(10-8-19)15(21)22-16(2,3)4/h6,11H,1,7-10H2,2-5H3. The van der Waals surface area contributed by atoms with Crippen LogP contribution in [0.4, 0.5) is 10.7 Å². The molecule has 7 heteroatoms. The van der Waals surface area contributed by atoms with E-state index in [0.717, 1.165) is 10.6 Å². The number of carbonyl (C=O) groups excluding carboxylic acids is 1. The Morgan fingerprint density at radius 3 is 2.52 bits per heavy atom. The van der Waals surface area contributed by atoms with E-state index in [-0.39, 0.29) is 6.09 Å². The van der Waals surface area contributed by atoms with Gasteiger partial charge in [-0.2, -0.15) is 0 Å². The summed E-state index contributed by atoms with van der Waals surface area (Å²) in [5.74, 6) is 0.698. The minimum atomic E-state index is -0.467. The summed E-state index contributed by atoms with van der Waals surface area (Å²) in [4.78, 5) is 24.9. The molecule has 2 heterocycles. The fourth-order valence-electron chi connectivity index (χ4n) is 2.24. The van der Waals surface area contributed by atoms with Crippen LogP contribution in [-0.2, 0) is 4.74 Å². The number of hydrogen-bond acceptors (Lipinski definition) is 6. The summed E-state index contributed by atoms with van der Waals surface area (Å²) in [7, 11) is 0. The second kappa shape index (κ2) is 7.21. The molecular formula is C16H24N4O2S. The van der Waals surface area contributed by atoms with Crippen LogP contribution in [0.25, 0.3) is 6.08 Å². The lowest BCUT2D eigenvalue weighted by Gasteiger charge is -2.35.